The second kappa shape index (κ2) is 6.85. The lowest BCUT2D eigenvalue weighted by atomic mass is 9.71. The Balaban J connectivity index is 1.27. The van der Waals surface area contributed by atoms with E-state index >= 15 is 0 Å². The van der Waals surface area contributed by atoms with E-state index in [9.17, 15) is 0 Å². The molecule has 2 aliphatic rings. The van der Waals surface area contributed by atoms with Crippen LogP contribution in [0.1, 0.15) is 47.3 Å². The number of anilines is 1. The lowest BCUT2D eigenvalue weighted by Crippen LogP contribution is -2.54. The Morgan fingerprint density at radius 3 is 2.69 bits per heavy atom. The summed E-state index contributed by atoms with van der Waals surface area (Å²) in [5, 5.41) is 5.55. The van der Waals surface area contributed by atoms with Crippen molar-refractivity contribution in [3.05, 3.63) is 53.1 Å². The molecule has 9 heteroatoms. The van der Waals surface area contributed by atoms with Gasteiger partial charge in [0.2, 0.25) is 5.95 Å². The first-order valence-corrected chi connectivity index (χ1v) is 10.8. The van der Waals surface area contributed by atoms with Crippen LogP contribution in [0, 0.1) is 6.92 Å². The molecule has 164 valence electrons. The lowest BCUT2D eigenvalue weighted by Gasteiger charge is -2.39. The number of ether oxygens (including phenoxy) is 2. The molecule has 4 heterocycles. The Labute approximate surface area is 184 Å². The maximum atomic E-state index is 6.36. The number of benzene rings is 1. The molecule has 1 aliphatic carbocycles. The van der Waals surface area contributed by atoms with Crippen LogP contribution in [0.5, 0.6) is 5.75 Å². The van der Waals surface area contributed by atoms with Crippen molar-refractivity contribution in [1.29, 1.82) is 0 Å². The second-order valence-corrected chi connectivity index (χ2v) is 8.97. The predicted molar refractivity (Wildman–Crippen MR) is 120 cm³/mol. The number of para-hydroxylation sites is 1. The number of nitrogens with two attached hydrogens (primary N) is 2. The molecule has 0 unspecified atom stereocenters. The fourth-order valence-electron chi connectivity index (χ4n) is 4.81. The maximum Gasteiger partial charge on any atom is 0.223 e. The fourth-order valence-corrected chi connectivity index (χ4v) is 4.81. The Kier molecular flexibility index (Phi) is 4.15. The van der Waals surface area contributed by atoms with Gasteiger partial charge in [-0.25, -0.2) is 9.97 Å². The summed E-state index contributed by atoms with van der Waals surface area (Å²) < 4.78 is 12.4. The Morgan fingerprint density at radius 2 is 2.00 bits per heavy atom. The molecule has 0 spiro atoms. The third-order valence-electron chi connectivity index (χ3n) is 6.83. The third-order valence-corrected chi connectivity index (χ3v) is 6.83. The molecule has 0 radical (unpaired) electrons. The van der Waals surface area contributed by atoms with E-state index in [-0.39, 0.29) is 5.92 Å². The van der Waals surface area contributed by atoms with E-state index in [2.05, 4.69) is 23.1 Å². The average Bonchev–Trinajstić information content (AvgIpc) is 3.17. The van der Waals surface area contributed by atoms with Gasteiger partial charge in [-0.1, -0.05) is 12.1 Å². The van der Waals surface area contributed by atoms with Gasteiger partial charge in [0, 0.05) is 29.1 Å². The number of hydrogen-bond acceptors (Lipinski definition) is 8. The Bertz CT molecular complexity index is 1360. The summed E-state index contributed by atoms with van der Waals surface area (Å²) in [6.07, 6.45) is 3.82. The van der Waals surface area contributed by atoms with Crippen LogP contribution in [-0.2, 0) is 10.3 Å². The van der Waals surface area contributed by atoms with Gasteiger partial charge in [0.15, 0.2) is 11.5 Å². The normalized spacial score (nSPS) is 22.0. The van der Waals surface area contributed by atoms with Crippen molar-refractivity contribution in [2.45, 2.75) is 37.1 Å². The van der Waals surface area contributed by atoms with Crippen LogP contribution in [0.3, 0.4) is 0 Å². The molecule has 1 aromatic carbocycles. The first-order chi connectivity index (χ1) is 15.5. The van der Waals surface area contributed by atoms with E-state index in [0.717, 1.165) is 35.3 Å². The summed E-state index contributed by atoms with van der Waals surface area (Å²) in [5.74, 6) is 2.42. The van der Waals surface area contributed by atoms with Gasteiger partial charge in [0.05, 0.1) is 25.9 Å². The highest BCUT2D eigenvalue weighted by Gasteiger charge is 2.39. The molecule has 0 amide bonds. The highest BCUT2D eigenvalue weighted by Crippen LogP contribution is 2.47. The largest absolute Gasteiger partial charge is 0.494 e. The van der Waals surface area contributed by atoms with Gasteiger partial charge in [-0.3, -0.25) is 4.98 Å². The van der Waals surface area contributed by atoms with E-state index in [1.165, 1.54) is 5.56 Å². The summed E-state index contributed by atoms with van der Waals surface area (Å²) in [7, 11) is 1.62. The number of nitrogen functional groups attached to an aromatic ring is 1. The van der Waals surface area contributed by atoms with Crippen molar-refractivity contribution in [1.82, 2.24) is 24.6 Å². The molecule has 1 saturated carbocycles. The zero-order valence-electron chi connectivity index (χ0n) is 18.1. The highest BCUT2D eigenvalue weighted by atomic mass is 16.5. The number of rotatable bonds is 4. The number of hydrogen-bond donors (Lipinski definition) is 2. The van der Waals surface area contributed by atoms with Gasteiger partial charge in [-0.2, -0.15) is 4.52 Å². The van der Waals surface area contributed by atoms with Crippen molar-refractivity contribution in [3.8, 4) is 5.75 Å². The molecule has 1 aliphatic heterocycles. The highest BCUT2D eigenvalue weighted by molar-refractivity contribution is 5.95. The predicted octanol–water partition coefficient (Wildman–Crippen LogP) is 2.42. The SMILES string of the molecule is COc1cccc2c1nc(N)n1nc(C3CC(c4ncc(C5(N)COC5)cc4C)C3)nc21. The number of fused-ring (bicyclic) bond motifs is 3. The van der Waals surface area contributed by atoms with Crippen LogP contribution in [0.25, 0.3) is 16.6 Å². The summed E-state index contributed by atoms with van der Waals surface area (Å²) in [4.78, 5) is 14.1. The number of pyridine rings is 1. The van der Waals surface area contributed by atoms with Crippen LogP contribution in [0.15, 0.2) is 30.5 Å². The van der Waals surface area contributed by atoms with E-state index in [1.807, 2.05) is 24.4 Å². The molecule has 0 bridgehead atoms. The van der Waals surface area contributed by atoms with Crippen molar-refractivity contribution in [2.24, 2.45) is 5.73 Å². The van der Waals surface area contributed by atoms with Crippen molar-refractivity contribution >= 4 is 22.5 Å². The smallest absolute Gasteiger partial charge is 0.223 e. The van der Waals surface area contributed by atoms with Gasteiger partial charge in [0.25, 0.3) is 0 Å². The lowest BCUT2D eigenvalue weighted by molar-refractivity contribution is -0.0571. The van der Waals surface area contributed by atoms with Crippen LogP contribution in [0.2, 0.25) is 0 Å². The standard InChI is InChI=1S/C23H25N7O2/c1-12-6-15(23(25)10-32-11-23)9-26-18(12)13-7-14(8-13)20-28-21-16-4-3-5-17(31-2)19(16)27-22(24)30(21)29-20/h3-6,9,13-14H,7-8,10-11,25H2,1-2H3,(H2,24,27). The molecular formula is C23H25N7O2. The minimum atomic E-state index is -0.391. The number of aromatic nitrogens is 5. The van der Waals surface area contributed by atoms with Crippen LogP contribution in [-0.4, -0.2) is 44.9 Å². The van der Waals surface area contributed by atoms with E-state index in [0.29, 0.717) is 42.0 Å². The molecule has 6 rings (SSSR count). The summed E-state index contributed by atoms with van der Waals surface area (Å²) in [5.41, 5.74) is 16.9. The van der Waals surface area contributed by atoms with Gasteiger partial charge in [-0.15, -0.1) is 5.10 Å². The molecule has 4 N–H and O–H groups in total. The van der Waals surface area contributed by atoms with E-state index < -0.39 is 5.54 Å². The van der Waals surface area contributed by atoms with Crippen molar-refractivity contribution in [2.75, 3.05) is 26.1 Å². The quantitative estimate of drug-likeness (QED) is 0.504. The zero-order chi connectivity index (χ0) is 22.0. The minimum Gasteiger partial charge on any atom is -0.494 e. The summed E-state index contributed by atoms with van der Waals surface area (Å²) in [6, 6.07) is 7.91. The van der Waals surface area contributed by atoms with Gasteiger partial charge in [-0.05, 0) is 43.0 Å². The molecule has 32 heavy (non-hydrogen) atoms. The first kappa shape index (κ1) is 19.4. The van der Waals surface area contributed by atoms with Gasteiger partial charge in [0.1, 0.15) is 11.3 Å². The molecule has 1 saturated heterocycles. The Morgan fingerprint density at radius 1 is 1.19 bits per heavy atom. The van der Waals surface area contributed by atoms with Crippen molar-refractivity contribution < 1.29 is 9.47 Å². The minimum absolute atomic E-state index is 0.265. The monoisotopic (exact) mass is 431 g/mol. The maximum absolute atomic E-state index is 6.36. The molecule has 0 atom stereocenters. The molecule has 3 aromatic heterocycles. The molecule has 4 aromatic rings. The van der Waals surface area contributed by atoms with Crippen molar-refractivity contribution in [3.63, 3.8) is 0 Å². The number of aryl methyl sites for hydroxylation is 1. The second-order valence-electron chi connectivity index (χ2n) is 8.97. The first-order valence-electron chi connectivity index (χ1n) is 10.8. The zero-order valence-corrected chi connectivity index (χ0v) is 18.1. The molecule has 2 fully saturated rings. The fraction of sp³-hybridized carbons (Fsp3) is 0.391. The molecular weight excluding hydrogens is 406 g/mol. The topological polar surface area (TPSA) is 126 Å². The van der Waals surface area contributed by atoms with E-state index in [4.69, 9.17) is 30.9 Å². The average molecular weight is 432 g/mol. The van der Waals surface area contributed by atoms with Crippen LogP contribution < -0.4 is 16.2 Å². The number of methoxy groups -OCH3 is 1. The van der Waals surface area contributed by atoms with E-state index in [1.54, 1.807) is 11.6 Å². The molecule has 9 nitrogen and oxygen atoms in total. The third kappa shape index (κ3) is 2.78. The number of nitrogens with zero attached hydrogens (tertiary/aromatic N) is 5. The summed E-state index contributed by atoms with van der Waals surface area (Å²) in [6.45, 7) is 3.21. The van der Waals surface area contributed by atoms with Gasteiger partial charge < -0.3 is 20.9 Å². The van der Waals surface area contributed by atoms with Crippen LogP contribution in [0.4, 0.5) is 5.95 Å². The Hall–Kier alpha value is -3.30. The summed E-state index contributed by atoms with van der Waals surface area (Å²) >= 11 is 0. The van der Waals surface area contributed by atoms with Gasteiger partial charge >= 0.3 is 0 Å². The van der Waals surface area contributed by atoms with Crippen LogP contribution >= 0.6 is 0 Å².